The lowest BCUT2D eigenvalue weighted by Crippen LogP contribution is -2.33. The number of benzene rings is 1. The first-order chi connectivity index (χ1) is 10.0. The molecule has 0 bridgehead atoms. The summed E-state index contributed by atoms with van der Waals surface area (Å²) in [6.45, 7) is 5.79. The Morgan fingerprint density at radius 3 is 2.73 bits per heavy atom. The summed E-state index contributed by atoms with van der Waals surface area (Å²) in [6, 6.07) is 7.59. The standard InChI is InChI=1S/C16H26N4O.HI/c1-12(2)7-9-19-16(17)20-10-8-13-5-4-6-14(11-13)15(21)18-3;/h4-6,11-12H,7-10H2,1-3H3,(H,18,21)(H3,17,19,20);1H. The van der Waals surface area contributed by atoms with Crippen molar-refractivity contribution in [3.8, 4) is 0 Å². The molecule has 1 aromatic carbocycles. The van der Waals surface area contributed by atoms with Crippen molar-refractivity contribution in [1.29, 1.82) is 0 Å². The number of carbonyl (C=O) groups excluding carboxylic acids is 1. The van der Waals surface area contributed by atoms with Crippen LogP contribution in [0.2, 0.25) is 0 Å². The Morgan fingerprint density at radius 2 is 2.09 bits per heavy atom. The summed E-state index contributed by atoms with van der Waals surface area (Å²) in [5.41, 5.74) is 7.57. The van der Waals surface area contributed by atoms with Gasteiger partial charge in [0, 0.05) is 25.7 Å². The predicted octanol–water partition coefficient (Wildman–Crippen LogP) is 2.16. The maximum Gasteiger partial charge on any atom is 0.251 e. The monoisotopic (exact) mass is 418 g/mol. The number of amides is 1. The van der Waals surface area contributed by atoms with Crippen molar-refractivity contribution in [2.24, 2.45) is 16.6 Å². The smallest absolute Gasteiger partial charge is 0.251 e. The Kier molecular flexibility index (Phi) is 10.6. The minimum Gasteiger partial charge on any atom is -0.370 e. The summed E-state index contributed by atoms with van der Waals surface area (Å²) in [5, 5.41) is 5.72. The van der Waals surface area contributed by atoms with E-state index in [4.69, 9.17) is 5.73 Å². The van der Waals surface area contributed by atoms with Crippen LogP contribution in [-0.2, 0) is 6.42 Å². The second-order valence-electron chi connectivity index (χ2n) is 5.41. The molecule has 0 aromatic heterocycles. The molecule has 1 amide bonds. The molecule has 1 rings (SSSR count). The van der Waals surface area contributed by atoms with E-state index in [0.717, 1.165) is 24.9 Å². The summed E-state index contributed by atoms with van der Waals surface area (Å²) in [4.78, 5) is 15.8. The topological polar surface area (TPSA) is 79.5 Å². The van der Waals surface area contributed by atoms with E-state index in [0.29, 0.717) is 24.0 Å². The summed E-state index contributed by atoms with van der Waals surface area (Å²) in [5.74, 6) is 1.05. The zero-order chi connectivity index (χ0) is 15.7. The maximum absolute atomic E-state index is 11.6. The van der Waals surface area contributed by atoms with Gasteiger partial charge in [0.25, 0.3) is 5.91 Å². The number of hydrogen-bond donors (Lipinski definition) is 3. The number of nitrogens with one attached hydrogen (secondary N) is 2. The fraction of sp³-hybridized carbons (Fsp3) is 0.500. The first kappa shape index (κ1) is 20.7. The van der Waals surface area contributed by atoms with E-state index in [-0.39, 0.29) is 29.9 Å². The number of hydrogen-bond acceptors (Lipinski definition) is 2. The third-order valence-electron chi connectivity index (χ3n) is 3.12. The lowest BCUT2D eigenvalue weighted by Gasteiger charge is -2.07. The lowest BCUT2D eigenvalue weighted by molar-refractivity contribution is 0.0963. The molecule has 0 atom stereocenters. The van der Waals surface area contributed by atoms with Gasteiger partial charge in [0.2, 0.25) is 0 Å². The SMILES string of the molecule is CNC(=O)c1cccc(CCNC(N)=NCCC(C)C)c1.I. The zero-order valence-electron chi connectivity index (χ0n) is 13.6. The number of rotatable bonds is 7. The Hall–Kier alpha value is -1.31. The van der Waals surface area contributed by atoms with E-state index in [9.17, 15) is 4.79 Å². The first-order valence-electron chi connectivity index (χ1n) is 7.37. The molecule has 6 heteroatoms. The summed E-state index contributed by atoms with van der Waals surface area (Å²) in [6.07, 6.45) is 1.84. The van der Waals surface area contributed by atoms with Crippen LogP contribution in [0.25, 0.3) is 0 Å². The molecule has 0 unspecified atom stereocenters. The minimum absolute atomic E-state index is 0. The molecule has 22 heavy (non-hydrogen) atoms. The number of carbonyl (C=O) groups is 1. The van der Waals surface area contributed by atoms with Crippen molar-refractivity contribution < 1.29 is 4.79 Å². The zero-order valence-corrected chi connectivity index (χ0v) is 15.9. The molecule has 4 N–H and O–H groups in total. The average Bonchev–Trinajstić information content (AvgIpc) is 2.46. The molecule has 0 radical (unpaired) electrons. The molecule has 0 spiro atoms. The summed E-state index contributed by atoms with van der Waals surface area (Å²) in [7, 11) is 1.63. The quantitative estimate of drug-likeness (QED) is 0.361. The number of nitrogens with two attached hydrogens (primary N) is 1. The van der Waals surface area contributed by atoms with E-state index in [1.807, 2.05) is 18.2 Å². The molecule has 0 saturated heterocycles. The molecule has 1 aromatic rings. The number of aliphatic imine (C=N–C) groups is 1. The molecule has 0 aliphatic rings. The number of nitrogens with zero attached hydrogens (tertiary/aromatic N) is 1. The molecule has 0 aliphatic heterocycles. The van der Waals surface area contributed by atoms with Gasteiger partial charge in [-0.15, -0.1) is 24.0 Å². The highest BCUT2D eigenvalue weighted by Crippen LogP contribution is 2.05. The van der Waals surface area contributed by atoms with Crippen LogP contribution in [-0.4, -0.2) is 32.0 Å². The van der Waals surface area contributed by atoms with Gasteiger partial charge in [-0.3, -0.25) is 9.79 Å². The molecular weight excluding hydrogens is 391 g/mol. The van der Waals surface area contributed by atoms with Gasteiger partial charge >= 0.3 is 0 Å². The second-order valence-corrected chi connectivity index (χ2v) is 5.41. The lowest BCUT2D eigenvalue weighted by atomic mass is 10.1. The molecular formula is C16H27IN4O. The fourth-order valence-corrected chi connectivity index (χ4v) is 1.85. The van der Waals surface area contributed by atoms with Crippen molar-refractivity contribution in [3.05, 3.63) is 35.4 Å². The van der Waals surface area contributed by atoms with Gasteiger partial charge in [-0.05, 0) is 36.5 Å². The maximum atomic E-state index is 11.6. The van der Waals surface area contributed by atoms with Crippen LogP contribution in [0, 0.1) is 5.92 Å². The van der Waals surface area contributed by atoms with Crippen LogP contribution in [0.3, 0.4) is 0 Å². The number of guanidine groups is 1. The van der Waals surface area contributed by atoms with E-state index in [1.54, 1.807) is 13.1 Å². The highest BCUT2D eigenvalue weighted by Gasteiger charge is 2.03. The van der Waals surface area contributed by atoms with Gasteiger partial charge in [-0.2, -0.15) is 0 Å². The second kappa shape index (κ2) is 11.3. The fourth-order valence-electron chi connectivity index (χ4n) is 1.85. The predicted molar refractivity (Wildman–Crippen MR) is 103 cm³/mol. The van der Waals surface area contributed by atoms with Crippen LogP contribution >= 0.6 is 24.0 Å². The van der Waals surface area contributed by atoms with Gasteiger partial charge in [-0.1, -0.05) is 26.0 Å². The summed E-state index contributed by atoms with van der Waals surface area (Å²) < 4.78 is 0. The van der Waals surface area contributed by atoms with Crippen molar-refractivity contribution in [3.63, 3.8) is 0 Å². The minimum atomic E-state index is -0.0698. The third-order valence-corrected chi connectivity index (χ3v) is 3.12. The molecule has 5 nitrogen and oxygen atoms in total. The Bertz CT molecular complexity index is 489. The van der Waals surface area contributed by atoms with Crippen LogP contribution < -0.4 is 16.4 Å². The van der Waals surface area contributed by atoms with Crippen molar-refractivity contribution in [2.75, 3.05) is 20.1 Å². The molecule has 0 fully saturated rings. The van der Waals surface area contributed by atoms with E-state index < -0.39 is 0 Å². The van der Waals surface area contributed by atoms with Crippen molar-refractivity contribution in [2.45, 2.75) is 26.7 Å². The summed E-state index contributed by atoms with van der Waals surface area (Å²) >= 11 is 0. The van der Waals surface area contributed by atoms with Crippen LogP contribution in [0.4, 0.5) is 0 Å². The Balaban J connectivity index is 0.00000441. The first-order valence-corrected chi connectivity index (χ1v) is 7.37. The van der Waals surface area contributed by atoms with E-state index >= 15 is 0 Å². The van der Waals surface area contributed by atoms with Crippen molar-refractivity contribution in [1.82, 2.24) is 10.6 Å². The van der Waals surface area contributed by atoms with Crippen LogP contribution in [0.1, 0.15) is 36.2 Å². The van der Waals surface area contributed by atoms with Gasteiger partial charge in [-0.25, -0.2) is 0 Å². The molecule has 124 valence electrons. The van der Waals surface area contributed by atoms with Gasteiger partial charge < -0.3 is 16.4 Å². The highest BCUT2D eigenvalue weighted by molar-refractivity contribution is 14.0. The van der Waals surface area contributed by atoms with E-state index in [2.05, 4.69) is 29.5 Å². The Morgan fingerprint density at radius 1 is 1.36 bits per heavy atom. The van der Waals surface area contributed by atoms with Crippen molar-refractivity contribution >= 4 is 35.8 Å². The number of halogens is 1. The highest BCUT2D eigenvalue weighted by atomic mass is 127. The molecule has 0 heterocycles. The molecule has 0 aliphatic carbocycles. The largest absolute Gasteiger partial charge is 0.370 e. The Labute approximate surface area is 150 Å². The third kappa shape index (κ3) is 8.21. The van der Waals surface area contributed by atoms with Crippen LogP contribution in [0.15, 0.2) is 29.3 Å². The average molecular weight is 418 g/mol. The van der Waals surface area contributed by atoms with Crippen LogP contribution in [0.5, 0.6) is 0 Å². The van der Waals surface area contributed by atoms with Gasteiger partial charge in [0.05, 0.1) is 0 Å². The molecule has 0 saturated carbocycles. The van der Waals surface area contributed by atoms with Gasteiger partial charge in [0.15, 0.2) is 5.96 Å². The normalized spacial score (nSPS) is 11.0. The van der Waals surface area contributed by atoms with Gasteiger partial charge in [0.1, 0.15) is 0 Å². The van der Waals surface area contributed by atoms with E-state index in [1.165, 1.54) is 0 Å².